The standard InChI is InChI=1S/C9H16N2O2S/c1-3-13-8(12)4-5-10-9-11-7(2)6-14-9/h7H,3-6H2,1-2H3,(H,10,11). The van der Waals surface area contributed by atoms with Gasteiger partial charge in [-0.25, -0.2) is 0 Å². The lowest BCUT2D eigenvalue weighted by Gasteiger charge is -2.01. The average molecular weight is 216 g/mol. The van der Waals surface area contributed by atoms with Gasteiger partial charge in [0.25, 0.3) is 0 Å². The highest BCUT2D eigenvalue weighted by molar-refractivity contribution is 8.14. The van der Waals surface area contributed by atoms with Crippen LogP contribution in [0.15, 0.2) is 4.99 Å². The van der Waals surface area contributed by atoms with Gasteiger partial charge < -0.3 is 10.1 Å². The highest BCUT2D eigenvalue weighted by Crippen LogP contribution is 2.12. The molecule has 1 unspecified atom stereocenters. The molecular weight excluding hydrogens is 200 g/mol. The molecular formula is C9H16N2O2S. The van der Waals surface area contributed by atoms with Crippen molar-refractivity contribution in [3.8, 4) is 0 Å². The Morgan fingerprint density at radius 3 is 3.14 bits per heavy atom. The molecule has 1 aliphatic rings. The predicted octanol–water partition coefficient (Wildman–Crippen LogP) is 1.02. The average Bonchev–Trinajstić information content (AvgIpc) is 2.52. The lowest BCUT2D eigenvalue weighted by atomic mass is 10.4. The zero-order chi connectivity index (χ0) is 10.4. The summed E-state index contributed by atoms with van der Waals surface area (Å²) in [7, 11) is 0. The van der Waals surface area contributed by atoms with Crippen LogP contribution in [0.2, 0.25) is 0 Å². The Morgan fingerprint density at radius 2 is 2.57 bits per heavy atom. The normalized spacial score (nSPS) is 23.6. The van der Waals surface area contributed by atoms with Gasteiger partial charge in [-0.3, -0.25) is 9.79 Å². The van der Waals surface area contributed by atoms with E-state index in [0.717, 1.165) is 10.9 Å². The van der Waals surface area contributed by atoms with Crippen molar-refractivity contribution in [3.05, 3.63) is 0 Å². The molecule has 1 aliphatic heterocycles. The lowest BCUT2D eigenvalue weighted by molar-refractivity contribution is -0.142. The Hall–Kier alpha value is -0.710. The van der Waals surface area contributed by atoms with Crippen LogP contribution in [-0.4, -0.2) is 36.1 Å². The largest absolute Gasteiger partial charge is 0.466 e. The fourth-order valence-corrected chi connectivity index (χ4v) is 2.03. The second-order valence-corrected chi connectivity index (χ2v) is 4.11. The fourth-order valence-electron chi connectivity index (χ4n) is 1.07. The first kappa shape index (κ1) is 11.4. The second kappa shape index (κ2) is 5.90. The third-order valence-corrected chi connectivity index (χ3v) is 2.90. The third kappa shape index (κ3) is 4.00. The molecule has 80 valence electrons. The van der Waals surface area contributed by atoms with E-state index in [2.05, 4.69) is 17.2 Å². The number of nitrogens with one attached hydrogen (secondary N) is 1. The van der Waals surface area contributed by atoms with Gasteiger partial charge in [0.1, 0.15) is 0 Å². The second-order valence-electron chi connectivity index (χ2n) is 3.10. The number of esters is 1. The molecule has 0 radical (unpaired) electrons. The molecule has 1 rings (SSSR count). The van der Waals surface area contributed by atoms with Gasteiger partial charge in [0, 0.05) is 11.8 Å². The molecule has 0 bridgehead atoms. The van der Waals surface area contributed by atoms with E-state index < -0.39 is 0 Å². The zero-order valence-corrected chi connectivity index (χ0v) is 9.39. The lowest BCUT2D eigenvalue weighted by Crippen LogP contribution is -2.23. The van der Waals surface area contributed by atoms with Crippen molar-refractivity contribution in [2.24, 2.45) is 4.99 Å². The van der Waals surface area contributed by atoms with Crippen molar-refractivity contribution in [1.82, 2.24) is 5.32 Å². The number of hydrogen-bond acceptors (Lipinski definition) is 4. The van der Waals surface area contributed by atoms with Gasteiger partial charge in [0.15, 0.2) is 5.17 Å². The molecule has 0 amide bonds. The third-order valence-electron chi connectivity index (χ3n) is 1.72. The Kier molecular flexibility index (Phi) is 4.79. The Labute approximate surface area is 88.5 Å². The number of aliphatic imine (C=N–C) groups is 1. The Morgan fingerprint density at radius 1 is 1.79 bits per heavy atom. The van der Waals surface area contributed by atoms with Crippen LogP contribution in [0.1, 0.15) is 20.3 Å². The smallest absolute Gasteiger partial charge is 0.307 e. The summed E-state index contributed by atoms with van der Waals surface area (Å²) in [6, 6.07) is 0.487. The molecule has 0 spiro atoms. The van der Waals surface area contributed by atoms with Crippen molar-refractivity contribution in [1.29, 1.82) is 0 Å². The van der Waals surface area contributed by atoms with Crippen molar-refractivity contribution in [2.45, 2.75) is 26.3 Å². The molecule has 0 saturated carbocycles. The molecule has 14 heavy (non-hydrogen) atoms. The monoisotopic (exact) mass is 216 g/mol. The minimum atomic E-state index is -0.173. The van der Waals surface area contributed by atoms with E-state index in [4.69, 9.17) is 4.74 Å². The first-order valence-corrected chi connectivity index (χ1v) is 5.80. The zero-order valence-electron chi connectivity index (χ0n) is 8.58. The summed E-state index contributed by atoms with van der Waals surface area (Å²) in [5.41, 5.74) is 0. The molecule has 1 heterocycles. The van der Waals surface area contributed by atoms with Crippen LogP contribution in [0.5, 0.6) is 0 Å². The van der Waals surface area contributed by atoms with Gasteiger partial charge in [-0.2, -0.15) is 0 Å². The van der Waals surface area contributed by atoms with Crippen LogP contribution in [0.25, 0.3) is 0 Å². The van der Waals surface area contributed by atoms with E-state index in [1.54, 1.807) is 18.7 Å². The van der Waals surface area contributed by atoms with E-state index in [1.807, 2.05) is 0 Å². The summed E-state index contributed by atoms with van der Waals surface area (Å²) in [6.07, 6.45) is 0.369. The maximum atomic E-state index is 11.0. The number of nitrogens with zero attached hydrogens (tertiary/aromatic N) is 1. The fraction of sp³-hybridized carbons (Fsp3) is 0.778. The number of rotatable bonds is 4. The number of amidine groups is 1. The first-order valence-electron chi connectivity index (χ1n) is 4.81. The molecule has 0 aliphatic carbocycles. The van der Waals surface area contributed by atoms with E-state index in [-0.39, 0.29) is 5.97 Å². The van der Waals surface area contributed by atoms with Crippen LogP contribution in [-0.2, 0) is 9.53 Å². The molecule has 1 saturated heterocycles. The highest BCUT2D eigenvalue weighted by Gasteiger charge is 2.14. The van der Waals surface area contributed by atoms with Gasteiger partial charge in [-0.1, -0.05) is 11.8 Å². The number of thioether (sulfide) groups is 1. The van der Waals surface area contributed by atoms with Gasteiger partial charge in [-0.05, 0) is 13.8 Å². The van der Waals surface area contributed by atoms with Gasteiger partial charge >= 0.3 is 5.97 Å². The number of hydrogen-bond donors (Lipinski definition) is 1. The van der Waals surface area contributed by atoms with Crippen LogP contribution in [0.3, 0.4) is 0 Å². The SMILES string of the molecule is CCOC(=O)CCN=C1NC(C)CS1. The first-order chi connectivity index (χ1) is 6.72. The number of ether oxygens (including phenoxy) is 1. The predicted molar refractivity (Wildman–Crippen MR) is 58.6 cm³/mol. The van der Waals surface area contributed by atoms with E-state index >= 15 is 0 Å². The molecule has 5 heteroatoms. The highest BCUT2D eigenvalue weighted by atomic mass is 32.2. The van der Waals surface area contributed by atoms with Crippen LogP contribution >= 0.6 is 11.8 Å². The van der Waals surface area contributed by atoms with Crippen molar-refractivity contribution >= 4 is 22.9 Å². The van der Waals surface area contributed by atoms with Crippen molar-refractivity contribution in [2.75, 3.05) is 18.9 Å². The van der Waals surface area contributed by atoms with Gasteiger partial charge in [0.05, 0.1) is 19.6 Å². The molecule has 0 aromatic heterocycles. The summed E-state index contributed by atoms with van der Waals surface area (Å²) in [5.74, 6) is 0.881. The van der Waals surface area contributed by atoms with E-state index in [1.165, 1.54) is 0 Å². The minimum Gasteiger partial charge on any atom is -0.466 e. The Balaban J connectivity index is 2.17. The Bertz CT molecular complexity index is 231. The molecule has 0 aromatic rings. The maximum absolute atomic E-state index is 11.0. The van der Waals surface area contributed by atoms with Crippen LogP contribution in [0, 0.1) is 0 Å². The summed E-state index contributed by atoms with van der Waals surface area (Å²) in [6.45, 7) is 4.88. The molecule has 1 N–H and O–H groups in total. The van der Waals surface area contributed by atoms with E-state index in [9.17, 15) is 4.79 Å². The van der Waals surface area contributed by atoms with Gasteiger partial charge in [-0.15, -0.1) is 0 Å². The van der Waals surface area contributed by atoms with Gasteiger partial charge in [0.2, 0.25) is 0 Å². The molecule has 1 fully saturated rings. The summed E-state index contributed by atoms with van der Waals surface area (Å²) < 4.78 is 4.79. The maximum Gasteiger partial charge on any atom is 0.307 e. The van der Waals surface area contributed by atoms with Crippen LogP contribution in [0.4, 0.5) is 0 Å². The molecule has 4 nitrogen and oxygen atoms in total. The van der Waals surface area contributed by atoms with Crippen molar-refractivity contribution in [3.63, 3.8) is 0 Å². The van der Waals surface area contributed by atoms with E-state index in [0.29, 0.717) is 25.6 Å². The quantitative estimate of drug-likeness (QED) is 0.713. The minimum absolute atomic E-state index is 0.173. The summed E-state index contributed by atoms with van der Waals surface area (Å²) >= 11 is 1.70. The summed E-state index contributed by atoms with van der Waals surface area (Å²) in [5, 5.41) is 4.17. The van der Waals surface area contributed by atoms with Crippen molar-refractivity contribution < 1.29 is 9.53 Å². The molecule has 1 atom stereocenters. The number of carbonyl (C=O) groups excluding carboxylic acids is 1. The molecule has 0 aromatic carbocycles. The summed E-state index contributed by atoms with van der Waals surface area (Å²) in [4.78, 5) is 15.2. The van der Waals surface area contributed by atoms with Crippen LogP contribution < -0.4 is 5.32 Å². The number of carbonyl (C=O) groups is 1. The topological polar surface area (TPSA) is 50.7 Å².